The maximum absolute atomic E-state index is 13.1. The molecule has 0 radical (unpaired) electrons. The minimum absolute atomic E-state index is 0.179. The molecule has 0 bridgehead atoms. The van der Waals surface area contributed by atoms with E-state index in [9.17, 15) is 17.2 Å². The maximum Gasteiger partial charge on any atom is 0.339 e. The molecule has 2 aromatic rings. The predicted molar refractivity (Wildman–Crippen MR) is 71.6 cm³/mol. The molecule has 0 saturated carbocycles. The van der Waals surface area contributed by atoms with Crippen LogP contribution >= 0.6 is 0 Å². The summed E-state index contributed by atoms with van der Waals surface area (Å²) in [4.78, 5) is -0.179. The second kappa shape index (κ2) is 5.45. The highest BCUT2D eigenvalue weighted by Crippen LogP contribution is 2.33. The van der Waals surface area contributed by atoms with Gasteiger partial charge in [-0.3, -0.25) is 0 Å². The van der Waals surface area contributed by atoms with Crippen molar-refractivity contribution in [2.75, 3.05) is 13.2 Å². The van der Waals surface area contributed by atoms with Gasteiger partial charge in [-0.25, -0.2) is 8.78 Å². The van der Waals surface area contributed by atoms with E-state index >= 15 is 0 Å². The van der Waals surface area contributed by atoms with Crippen molar-refractivity contribution in [1.82, 2.24) is 0 Å². The third-order valence-electron chi connectivity index (χ3n) is 2.90. The minimum atomic E-state index is -4.20. The normalized spacial score (nSPS) is 13.7. The fourth-order valence-corrected chi connectivity index (χ4v) is 2.82. The number of fused-ring (bicyclic) bond motifs is 1. The Bertz CT molecular complexity index is 820. The van der Waals surface area contributed by atoms with Gasteiger partial charge in [-0.2, -0.15) is 8.42 Å². The number of ether oxygens (including phenoxy) is 2. The summed E-state index contributed by atoms with van der Waals surface area (Å²) in [5.41, 5.74) is 0. The van der Waals surface area contributed by atoms with Crippen LogP contribution in [0.4, 0.5) is 8.78 Å². The Labute approximate surface area is 125 Å². The molecule has 0 unspecified atom stereocenters. The smallest absolute Gasteiger partial charge is 0.339 e. The van der Waals surface area contributed by atoms with Crippen molar-refractivity contribution in [3.63, 3.8) is 0 Å². The molecule has 0 aliphatic carbocycles. The summed E-state index contributed by atoms with van der Waals surface area (Å²) in [6.07, 6.45) is 0. The number of hydrogen-bond donors (Lipinski definition) is 0. The highest BCUT2D eigenvalue weighted by molar-refractivity contribution is 7.87. The van der Waals surface area contributed by atoms with Crippen LogP contribution in [0.25, 0.3) is 0 Å². The lowest BCUT2D eigenvalue weighted by molar-refractivity contribution is 0.171. The van der Waals surface area contributed by atoms with Gasteiger partial charge >= 0.3 is 10.1 Å². The summed E-state index contributed by atoms with van der Waals surface area (Å²) < 4.78 is 65.6. The molecule has 0 saturated heterocycles. The van der Waals surface area contributed by atoms with E-state index in [0.29, 0.717) is 25.0 Å². The van der Waals surface area contributed by atoms with Crippen LogP contribution in [0.1, 0.15) is 0 Å². The van der Waals surface area contributed by atoms with Gasteiger partial charge in [-0.1, -0.05) is 0 Å². The third kappa shape index (κ3) is 2.82. The van der Waals surface area contributed by atoms with Gasteiger partial charge in [0.1, 0.15) is 23.9 Å². The largest absolute Gasteiger partial charge is 0.486 e. The van der Waals surface area contributed by atoms with E-state index in [1.165, 1.54) is 18.2 Å². The van der Waals surface area contributed by atoms with Crippen LogP contribution in [0.3, 0.4) is 0 Å². The molecule has 2 aromatic carbocycles. The molecule has 0 aromatic heterocycles. The maximum atomic E-state index is 13.1. The van der Waals surface area contributed by atoms with Gasteiger partial charge in [0, 0.05) is 12.1 Å². The van der Waals surface area contributed by atoms with Crippen molar-refractivity contribution in [2.45, 2.75) is 4.90 Å². The van der Waals surface area contributed by atoms with E-state index in [0.717, 1.165) is 12.1 Å². The monoisotopic (exact) mass is 328 g/mol. The van der Waals surface area contributed by atoms with E-state index in [2.05, 4.69) is 0 Å². The Morgan fingerprint density at radius 3 is 2.36 bits per heavy atom. The van der Waals surface area contributed by atoms with Gasteiger partial charge in [0.05, 0.1) is 0 Å². The highest BCUT2D eigenvalue weighted by Gasteiger charge is 2.21. The Hall–Kier alpha value is -2.35. The molecule has 0 N–H and O–H groups in total. The summed E-state index contributed by atoms with van der Waals surface area (Å²) in [6, 6.07) is 6.44. The second-order valence-electron chi connectivity index (χ2n) is 4.42. The molecule has 116 valence electrons. The van der Waals surface area contributed by atoms with E-state index < -0.39 is 21.8 Å². The third-order valence-corrected chi connectivity index (χ3v) is 4.14. The molecule has 0 spiro atoms. The zero-order valence-corrected chi connectivity index (χ0v) is 11.9. The fraction of sp³-hybridized carbons (Fsp3) is 0.143. The van der Waals surface area contributed by atoms with Crippen LogP contribution in [0.5, 0.6) is 17.2 Å². The van der Waals surface area contributed by atoms with E-state index in [4.69, 9.17) is 13.7 Å². The standard InChI is InChI=1S/C14H10F2O5S/c15-11-3-1-9(7-12(11)16)21-22(17,18)10-2-4-13-14(8-10)20-6-5-19-13/h1-4,7-8H,5-6H2. The first-order valence-corrected chi connectivity index (χ1v) is 7.66. The minimum Gasteiger partial charge on any atom is -0.486 e. The molecule has 3 rings (SSSR count). The van der Waals surface area contributed by atoms with Gasteiger partial charge in [0.15, 0.2) is 23.1 Å². The van der Waals surface area contributed by atoms with Crippen molar-refractivity contribution in [3.8, 4) is 17.2 Å². The molecular formula is C14H10F2O5S. The Balaban J connectivity index is 1.90. The van der Waals surface area contributed by atoms with Gasteiger partial charge < -0.3 is 13.7 Å². The summed E-state index contributed by atoms with van der Waals surface area (Å²) in [5.74, 6) is -1.91. The first-order valence-electron chi connectivity index (χ1n) is 6.25. The summed E-state index contributed by atoms with van der Waals surface area (Å²) in [5, 5.41) is 0. The first kappa shape index (κ1) is 14.6. The highest BCUT2D eigenvalue weighted by atomic mass is 32.2. The van der Waals surface area contributed by atoms with Crippen molar-refractivity contribution in [3.05, 3.63) is 48.0 Å². The molecule has 0 amide bonds. The van der Waals surface area contributed by atoms with E-state index in [1.54, 1.807) is 0 Å². The molecule has 0 atom stereocenters. The first-order chi connectivity index (χ1) is 10.5. The van der Waals surface area contributed by atoms with Crippen molar-refractivity contribution in [1.29, 1.82) is 0 Å². The Morgan fingerprint density at radius 2 is 1.64 bits per heavy atom. The number of rotatable bonds is 3. The molecule has 22 heavy (non-hydrogen) atoms. The predicted octanol–water partition coefficient (Wildman–Crippen LogP) is 2.50. The van der Waals surface area contributed by atoms with E-state index in [-0.39, 0.29) is 16.4 Å². The average Bonchev–Trinajstić information content (AvgIpc) is 2.50. The molecular weight excluding hydrogens is 318 g/mol. The van der Waals surface area contributed by atoms with Crippen molar-refractivity contribution < 1.29 is 30.9 Å². The Kier molecular flexibility index (Phi) is 3.61. The number of benzene rings is 2. The Morgan fingerprint density at radius 1 is 0.909 bits per heavy atom. The van der Waals surface area contributed by atoms with Crippen LogP contribution in [-0.2, 0) is 10.1 Å². The SMILES string of the molecule is O=S(=O)(Oc1ccc(F)c(F)c1)c1ccc2c(c1)OCCO2. The number of halogens is 2. The van der Waals surface area contributed by atoms with Crippen molar-refractivity contribution >= 4 is 10.1 Å². The van der Waals surface area contributed by atoms with Crippen LogP contribution in [-0.4, -0.2) is 21.6 Å². The van der Waals surface area contributed by atoms with Gasteiger partial charge in [-0.15, -0.1) is 0 Å². The molecule has 5 nitrogen and oxygen atoms in total. The summed E-state index contributed by atoms with van der Waals surface area (Å²) in [7, 11) is -4.20. The van der Waals surface area contributed by atoms with Gasteiger partial charge in [0.2, 0.25) is 0 Å². The summed E-state index contributed by atoms with van der Waals surface area (Å²) in [6.45, 7) is 0.686. The van der Waals surface area contributed by atoms with E-state index in [1.807, 2.05) is 0 Å². The lowest BCUT2D eigenvalue weighted by Crippen LogP contribution is -2.16. The average molecular weight is 328 g/mol. The molecule has 8 heteroatoms. The van der Waals surface area contributed by atoms with Crippen LogP contribution < -0.4 is 13.7 Å². The van der Waals surface area contributed by atoms with Crippen LogP contribution in [0, 0.1) is 11.6 Å². The molecule has 1 heterocycles. The zero-order valence-electron chi connectivity index (χ0n) is 11.1. The molecule has 1 aliphatic rings. The molecule has 0 fully saturated rings. The quantitative estimate of drug-likeness (QED) is 0.810. The zero-order chi connectivity index (χ0) is 15.7. The lowest BCUT2D eigenvalue weighted by Gasteiger charge is -2.18. The topological polar surface area (TPSA) is 61.8 Å². The lowest BCUT2D eigenvalue weighted by atomic mass is 10.3. The van der Waals surface area contributed by atoms with Crippen LogP contribution in [0.2, 0.25) is 0 Å². The van der Waals surface area contributed by atoms with Crippen molar-refractivity contribution in [2.24, 2.45) is 0 Å². The second-order valence-corrected chi connectivity index (χ2v) is 5.97. The van der Waals surface area contributed by atoms with Gasteiger partial charge in [0.25, 0.3) is 0 Å². The fourth-order valence-electron chi connectivity index (χ4n) is 1.88. The summed E-state index contributed by atoms with van der Waals surface area (Å²) >= 11 is 0. The number of hydrogen-bond acceptors (Lipinski definition) is 5. The molecule has 1 aliphatic heterocycles. The van der Waals surface area contributed by atoms with Crippen LogP contribution in [0.15, 0.2) is 41.3 Å². The van der Waals surface area contributed by atoms with Gasteiger partial charge in [-0.05, 0) is 24.3 Å².